The quantitative estimate of drug-likeness (QED) is 0.640. The van der Waals surface area contributed by atoms with Crippen LogP contribution in [0.25, 0.3) is 6.08 Å². The number of carbonyl (C=O) groups excluding carboxylic acids is 1. The van der Waals surface area contributed by atoms with Crippen molar-refractivity contribution in [1.82, 2.24) is 0 Å². The fraction of sp³-hybridized carbons (Fsp3) is 0. The Labute approximate surface area is 105 Å². The molecule has 18 heavy (non-hydrogen) atoms. The predicted octanol–water partition coefficient (Wildman–Crippen LogP) is 2.99. The van der Waals surface area contributed by atoms with Gasteiger partial charge in [-0.3, -0.25) is 4.79 Å². The summed E-state index contributed by atoms with van der Waals surface area (Å²) >= 11 is 0. The third kappa shape index (κ3) is 2.98. The monoisotopic (exact) mass is 240 g/mol. The summed E-state index contributed by atoms with van der Waals surface area (Å²) in [5.74, 6) is -0.206. The molecule has 2 N–H and O–H groups in total. The van der Waals surface area contributed by atoms with Gasteiger partial charge in [0.2, 0.25) is 0 Å². The molecule has 0 aliphatic heterocycles. The van der Waals surface area contributed by atoms with Crippen molar-refractivity contribution < 1.29 is 15.0 Å². The molecule has 0 amide bonds. The molecule has 0 fully saturated rings. The van der Waals surface area contributed by atoms with Crippen molar-refractivity contribution in [3.8, 4) is 11.5 Å². The van der Waals surface area contributed by atoms with E-state index in [-0.39, 0.29) is 17.3 Å². The van der Waals surface area contributed by atoms with Crippen molar-refractivity contribution in [3.05, 3.63) is 65.7 Å². The Morgan fingerprint density at radius 2 is 1.56 bits per heavy atom. The number of hydrogen-bond donors (Lipinski definition) is 2. The predicted molar refractivity (Wildman–Crippen MR) is 69.6 cm³/mol. The van der Waals surface area contributed by atoms with Gasteiger partial charge in [-0.25, -0.2) is 0 Å². The number of allylic oxidation sites excluding steroid dienone is 1. The van der Waals surface area contributed by atoms with E-state index in [0.717, 1.165) is 0 Å². The molecule has 0 heterocycles. The fourth-order valence-electron chi connectivity index (χ4n) is 1.58. The van der Waals surface area contributed by atoms with Crippen LogP contribution >= 0.6 is 0 Å². The molecule has 0 aromatic heterocycles. The van der Waals surface area contributed by atoms with Gasteiger partial charge < -0.3 is 10.2 Å². The third-order valence-corrected chi connectivity index (χ3v) is 2.41. The Bertz CT molecular complexity index is 566. The average molecular weight is 240 g/mol. The van der Waals surface area contributed by atoms with E-state index in [2.05, 4.69) is 0 Å². The van der Waals surface area contributed by atoms with E-state index >= 15 is 0 Å². The highest BCUT2D eigenvalue weighted by Gasteiger charge is 2.00. The summed E-state index contributed by atoms with van der Waals surface area (Å²) in [6.07, 6.45) is 2.96. The second kappa shape index (κ2) is 5.19. The molecule has 3 nitrogen and oxygen atoms in total. The van der Waals surface area contributed by atoms with Gasteiger partial charge in [0.1, 0.15) is 11.5 Å². The van der Waals surface area contributed by atoms with E-state index in [0.29, 0.717) is 11.1 Å². The van der Waals surface area contributed by atoms with Crippen LogP contribution in [-0.4, -0.2) is 16.0 Å². The molecule has 2 aromatic rings. The molecule has 0 saturated carbocycles. The Hall–Kier alpha value is -2.55. The van der Waals surface area contributed by atoms with Crippen LogP contribution in [0, 0.1) is 0 Å². The minimum atomic E-state index is -0.126. The number of phenols is 2. The van der Waals surface area contributed by atoms with Gasteiger partial charge in [-0.2, -0.15) is 0 Å². The Morgan fingerprint density at radius 3 is 2.17 bits per heavy atom. The zero-order valence-corrected chi connectivity index (χ0v) is 9.58. The van der Waals surface area contributed by atoms with Crippen molar-refractivity contribution in [2.24, 2.45) is 0 Å². The molecule has 2 rings (SSSR count). The van der Waals surface area contributed by atoms with E-state index in [1.54, 1.807) is 30.3 Å². The molecule has 0 unspecified atom stereocenters. The van der Waals surface area contributed by atoms with E-state index in [1.807, 2.05) is 6.07 Å². The first-order valence-electron chi connectivity index (χ1n) is 5.45. The van der Waals surface area contributed by atoms with Gasteiger partial charge in [0.15, 0.2) is 5.78 Å². The summed E-state index contributed by atoms with van der Waals surface area (Å²) < 4.78 is 0. The van der Waals surface area contributed by atoms with Crippen LogP contribution in [0.2, 0.25) is 0 Å². The standard InChI is InChI=1S/C15H12O3/c16-13-8-11(9-14(17)10-13)6-7-15(18)12-4-2-1-3-5-12/h1-10,16-17H/b7-6+. The minimum absolute atomic E-state index is 0.0400. The van der Waals surface area contributed by atoms with Crippen molar-refractivity contribution >= 4 is 11.9 Å². The number of aromatic hydroxyl groups is 2. The lowest BCUT2D eigenvalue weighted by molar-refractivity contribution is 0.104. The molecule has 0 aliphatic rings. The van der Waals surface area contributed by atoms with Gasteiger partial charge in [0.05, 0.1) is 0 Å². The van der Waals surface area contributed by atoms with Crippen LogP contribution in [-0.2, 0) is 0 Å². The second-order valence-corrected chi connectivity index (χ2v) is 3.85. The van der Waals surface area contributed by atoms with Crippen molar-refractivity contribution in [3.63, 3.8) is 0 Å². The number of rotatable bonds is 3. The first-order valence-corrected chi connectivity index (χ1v) is 5.45. The van der Waals surface area contributed by atoms with E-state index in [1.165, 1.54) is 24.3 Å². The molecule has 0 atom stereocenters. The highest BCUT2D eigenvalue weighted by molar-refractivity contribution is 6.06. The maximum Gasteiger partial charge on any atom is 0.185 e. The van der Waals surface area contributed by atoms with Gasteiger partial charge in [-0.15, -0.1) is 0 Å². The summed E-state index contributed by atoms with van der Waals surface area (Å²) in [5, 5.41) is 18.6. The van der Waals surface area contributed by atoms with Gasteiger partial charge in [0, 0.05) is 11.6 Å². The highest BCUT2D eigenvalue weighted by Crippen LogP contribution is 2.21. The fourth-order valence-corrected chi connectivity index (χ4v) is 1.58. The summed E-state index contributed by atoms with van der Waals surface area (Å²) in [4.78, 5) is 11.8. The molecule has 0 bridgehead atoms. The average Bonchev–Trinajstić information content (AvgIpc) is 2.36. The van der Waals surface area contributed by atoms with Gasteiger partial charge in [0.25, 0.3) is 0 Å². The molecule has 90 valence electrons. The van der Waals surface area contributed by atoms with E-state index in [9.17, 15) is 15.0 Å². The molecule has 0 saturated heterocycles. The summed E-state index contributed by atoms with van der Waals surface area (Å²) in [6, 6.07) is 13.1. The lowest BCUT2D eigenvalue weighted by Crippen LogP contribution is -1.92. The smallest absolute Gasteiger partial charge is 0.185 e. The van der Waals surface area contributed by atoms with Crippen molar-refractivity contribution in [2.45, 2.75) is 0 Å². The number of ketones is 1. The Kier molecular flexibility index (Phi) is 3.44. The summed E-state index contributed by atoms with van der Waals surface area (Å²) in [6.45, 7) is 0. The van der Waals surface area contributed by atoms with Crippen LogP contribution in [0.5, 0.6) is 11.5 Å². The first kappa shape index (κ1) is 11.9. The van der Waals surface area contributed by atoms with Crippen LogP contribution in [0.3, 0.4) is 0 Å². The largest absolute Gasteiger partial charge is 0.508 e. The number of carbonyl (C=O) groups is 1. The van der Waals surface area contributed by atoms with Gasteiger partial charge in [-0.1, -0.05) is 36.4 Å². The number of phenolic OH excluding ortho intramolecular Hbond substituents is 2. The zero-order chi connectivity index (χ0) is 13.0. The van der Waals surface area contributed by atoms with Gasteiger partial charge in [-0.05, 0) is 23.8 Å². The normalized spacial score (nSPS) is 10.7. The molecule has 0 spiro atoms. The first-order chi connectivity index (χ1) is 8.65. The third-order valence-electron chi connectivity index (χ3n) is 2.41. The zero-order valence-electron chi connectivity index (χ0n) is 9.58. The summed E-state index contributed by atoms with van der Waals surface area (Å²) in [5.41, 5.74) is 1.16. The molecular weight excluding hydrogens is 228 g/mol. The van der Waals surface area contributed by atoms with E-state index in [4.69, 9.17) is 0 Å². The molecule has 0 aliphatic carbocycles. The molecular formula is C15H12O3. The van der Waals surface area contributed by atoms with Crippen LogP contribution in [0.15, 0.2) is 54.6 Å². The Balaban J connectivity index is 2.18. The SMILES string of the molecule is O=C(/C=C/c1cc(O)cc(O)c1)c1ccccc1. The highest BCUT2D eigenvalue weighted by atomic mass is 16.3. The molecule has 2 aromatic carbocycles. The summed E-state index contributed by atoms with van der Waals surface area (Å²) in [7, 11) is 0. The Morgan fingerprint density at radius 1 is 0.944 bits per heavy atom. The van der Waals surface area contributed by atoms with Crippen LogP contribution < -0.4 is 0 Å². The van der Waals surface area contributed by atoms with Crippen molar-refractivity contribution in [1.29, 1.82) is 0 Å². The number of benzene rings is 2. The maximum absolute atomic E-state index is 11.8. The number of hydrogen-bond acceptors (Lipinski definition) is 3. The van der Waals surface area contributed by atoms with Crippen molar-refractivity contribution in [2.75, 3.05) is 0 Å². The van der Waals surface area contributed by atoms with E-state index < -0.39 is 0 Å². The lowest BCUT2D eigenvalue weighted by Gasteiger charge is -1.98. The van der Waals surface area contributed by atoms with Crippen LogP contribution in [0.1, 0.15) is 15.9 Å². The molecule has 0 radical (unpaired) electrons. The van der Waals surface area contributed by atoms with Gasteiger partial charge >= 0.3 is 0 Å². The maximum atomic E-state index is 11.8. The van der Waals surface area contributed by atoms with Crippen LogP contribution in [0.4, 0.5) is 0 Å². The molecule has 3 heteroatoms. The second-order valence-electron chi connectivity index (χ2n) is 3.85. The topological polar surface area (TPSA) is 57.5 Å². The minimum Gasteiger partial charge on any atom is -0.508 e. The lowest BCUT2D eigenvalue weighted by atomic mass is 10.1.